The number of halogens is 2. The molecule has 1 amide bonds. The van der Waals surface area contributed by atoms with Gasteiger partial charge < -0.3 is 14.8 Å². The quantitative estimate of drug-likeness (QED) is 0.668. The van der Waals surface area contributed by atoms with Crippen molar-refractivity contribution in [2.75, 3.05) is 33.4 Å². The van der Waals surface area contributed by atoms with E-state index < -0.39 is 10.0 Å². The second kappa shape index (κ2) is 9.98. The maximum Gasteiger partial charge on any atom is 0.251 e. The van der Waals surface area contributed by atoms with Crippen LogP contribution in [-0.2, 0) is 27.1 Å². The van der Waals surface area contributed by atoms with Gasteiger partial charge in [-0.25, -0.2) is 8.42 Å². The maximum atomic E-state index is 12.7. The monoisotopic (exact) mass is 472 g/mol. The first-order valence-corrected chi connectivity index (χ1v) is 11.6. The first-order chi connectivity index (χ1) is 14.3. The Bertz CT molecular complexity index is 1000. The molecule has 1 fully saturated rings. The zero-order valence-corrected chi connectivity index (χ0v) is 18.7. The molecule has 0 atom stereocenters. The molecule has 2 aromatic rings. The summed E-state index contributed by atoms with van der Waals surface area (Å²) in [6, 6.07) is 10.1. The highest BCUT2D eigenvalue weighted by molar-refractivity contribution is 7.88. The molecule has 1 aliphatic rings. The Balaban J connectivity index is 1.71. The van der Waals surface area contributed by atoms with Crippen LogP contribution >= 0.6 is 23.2 Å². The minimum absolute atomic E-state index is 0.140. The van der Waals surface area contributed by atoms with Crippen molar-refractivity contribution in [1.29, 1.82) is 0 Å². The van der Waals surface area contributed by atoms with Gasteiger partial charge in [-0.2, -0.15) is 4.31 Å². The Morgan fingerprint density at radius 3 is 2.33 bits per heavy atom. The highest BCUT2D eigenvalue weighted by Crippen LogP contribution is 2.33. The Morgan fingerprint density at radius 1 is 1.13 bits per heavy atom. The third kappa shape index (κ3) is 5.44. The summed E-state index contributed by atoms with van der Waals surface area (Å²) in [6.45, 7) is 1.64. The van der Waals surface area contributed by atoms with Crippen molar-refractivity contribution >= 4 is 39.1 Å². The van der Waals surface area contributed by atoms with E-state index in [-0.39, 0.29) is 33.8 Å². The third-order valence-corrected chi connectivity index (χ3v) is 7.11. The molecule has 10 heteroatoms. The molecule has 7 nitrogen and oxygen atoms in total. The molecule has 0 saturated carbocycles. The smallest absolute Gasteiger partial charge is 0.251 e. The van der Waals surface area contributed by atoms with Crippen molar-refractivity contribution < 1.29 is 22.7 Å². The molecule has 1 heterocycles. The average Bonchev–Trinajstić information content (AvgIpc) is 2.73. The molecule has 0 spiro atoms. The summed E-state index contributed by atoms with van der Waals surface area (Å²) in [5, 5.41) is 3.25. The Morgan fingerprint density at radius 2 is 1.73 bits per heavy atom. The van der Waals surface area contributed by atoms with E-state index in [0.717, 1.165) is 0 Å². The van der Waals surface area contributed by atoms with E-state index in [4.69, 9.17) is 32.7 Å². The SMILES string of the molecule is COc1c(Cl)cc(C(=O)NCc2ccccc2CS(=O)(=O)N2CCOCC2)cc1Cl. The fraction of sp³-hybridized carbons (Fsp3) is 0.350. The van der Waals surface area contributed by atoms with Crippen molar-refractivity contribution in [3.05, 3.63) is 63.1 Å². The molecule has 3 rings (SSSR count). The Labute approximate surface area is 185 Å². The summed E-state index contributed by atoms with van der Waals surface area (Å²) in [5.74, 6) is -0.222. The van der Waals surface area contributed by atoms with Gasteiger partial charge in [-0.15, -0.1) is 0 Å². The van der Waals surface area contributed by atoms with Gasteiger partial charge in [0.2, 0.25) is 10.0 Å². The first-order valence-electron chi connectivity index (χ1n) is 9.25. The molecule has 0 aliphatic carbocycles. The van der Waals surface area contributed by atoms with Crippen molar-refractivity contribution in [3.63, 3.8) is 0 Å². The van der Waals surface area contributed by atoms with Gasteiger partial charge in [-0.3, -0.25) is 4.79 Å². The van der Waals surface area contributed by atoms with Crippen LogP contribution in [0.4, 0.5) is 0 Å². The number of methoxy groups -OCH3 is 1. The number of carbonyl (C=O) groups excluding carboxylic acids is 1. The number of nitrogens with one attached hydrogen (secondary N) is 1. The van der Waals surface area contributed by atoms with Crippen molar-refractivity contribution in [3.8, 4) is 5.75 Å². The zero-order valence-electron chi connectivity index (χ0n) is 16.4. The topological polar surface area (TPSA) is 84.9 Å². The number of carbonyl (C=O) groups is 1. The summed E-state index contributed by atoms with van der Waals surface area (Å²) in [6.07, 6.45) is 0. The number of hydrogen-bond acceptors (Lipinski definition) is 5. The van der Waals surface area contributed by atoms with Crippen LogP contribution in [0.25, 0.3) is 0 Å². The lowest BCUT2D eigenvalue weighted by Gasteiger charge is -2.26. The normalized spacial score (nSPS) is 15.0. The number of nitrogens with zero attached hydrogens (tertiary/aromatic N) is 1. The molecular formula is C20H22Cl2N2O5S. The highest BCUT2D eigenvalue weighted by atomic mass is 35.5. The lowest BCUT2D eigenvalue weighted by atomic mass is 10.1. The molecule has 2 aromatic carbocycles. The van der Waals surface area contributed by atoms with Crippen LogP contribution in [0.2, 0.25) is 10.0 Å². The molecule has 0 bridgehead atoms. The standard InChI is InChI=1S/C20H22Cl2N2O5S/c1-28-19-17(21)10-16(11-18(19)22)20(25)23-12-14-4-2-3-5-15(14)13-30(26,27)24-6-8-29-9-7-24/h2-5,10-11H,6-9,12-13H2,1H3,(H,23,25). The predicted octanol–water partition coefficient (Wildman–Crippen LogP) is 3.09. The van der Waals surface area contributed by atoms with E-state index in [2.05, 4.69) is 5.32 Å². The van der Waals surface area contributed by atoms with Crippen molar-refractivity contribution in [2.24, 2.45) is 0 Å². The lowest BCUT2D eigenvalue weighted by Crippen LogP contribution is -2.41. The van der Waals surface area contributed by atoms with E-state index in [1.54, 1.807) is 24.3 Å². The molecule has 0 aromatic heterocycles. The molecule has 1 aliphatic heterocycles. The van der Waals surface area contributed by atoms with Gasteiger partial charge in [0.05, 0.1) is 36.1 Å². The predicted molar refractivity (Wildman–Crippen MR) is 116 cm³/mol. The number of morpholine rings is 1. The van der Waals surface area contributed by atoms with E-state index in [0.29, 0.717) is 43.2 Å². The number of sulfonamides is 1. The van der Waals surface area contributed by atoms with Gasteiger partial charge in [0.25, 0.3) is 5.91 Å². The third-order valence-electron chi connectivity index (χ3n) is 4.72. The van der Waals surface area contributed by atoms with E-state index in [9.17, 15) is 13.2 Å². The van der Waals surface area contributed by atoms with Gasteiger partial charge in [0.1, 0.15) is 0 Å². The Hall–Kier alpha value is -1.84. The molecule has 0 unspecified atom stereocenters. The number of benzene rings is 2. The summed E-state index contributed by atoms with van der Waals surface area (Å²) >= 11 is 12.2. The largest absolute Gasteiger partial charge is 0.494 e. The second-order valence-corrected chi connectivity index (χ2v) is 9.48. The highest BCUT2D eigenvalue weighted by Gasteiger charge is 2.25. The molecule has 162 valence electrons. The number of hydrogen-bond donors (Lipinski definition) is 1. The average molecular weight is 473 g/mol. The van der Waals surface area contributed by atoms with Gasteiger partial charge in [0, 0.05) is 25.2 Å². The second-order valence-electron chi connectivity index (χ2n) is 6.69. The maximum absolute atomic E-state index is 12.7. The van der Waals surface area contributed by atoms with Crippen LogP contribution in [0.1, 0.15) is 21.5 Å². The van der Waals surface area contributed by atoms with Crippen LogP contribution in [-0.4, -0.2) is 52.0 Å². The van der Waals surface area contributed by atoms with E-state index >= 15 is 0 Å². The fourth-order valence-electron chi connectivity index (χ4n) is 3.15. The first kappa shape index (κ1) is 22.8. The van der Waals surface area contributed by atoms with Crippen LogP contribution < -0.4 is 10.1 Å². The van der Waals surface area contributed by atoms with Gasteiger partial charge >= 0.3 is 0 Å². The summed E-state index contributed by atoms with van der Waals surface area (Å²) in [4.78, 5) is 12.6. The summed E-state index contributed by atoms with van der Waals surface area (Å²) < 4.78 is 37.2. The summed E-state index contributed by atoms with van der Waals surface area (Å²) in [7, 11) is -2.04. The van der Waals surface area contributed by atoms with Crippen molar-refractivity contribution in [2.45, 2.75) is 12.3 Å². The van der Waals surface area contributed by atoms with Gasteiger partial charge in [-0.1, -0.05) is 47.5 Å². The summed E-state index contributed by atoms with van der Waals surface area (Å²) in [5.41, 5.74) is 1.63. The van der Waals surface area contributed by atoms with E-state index in [1.165, 1.54) is 23.5 Å². The number of ether oxygens (including phenoxy) is 2. The van der Waals surface area contributed by atoms with Crippen LogP contribution in [0.3, 0.4) is 0 Å². The molecular weight excluding hydrogens is 451 g/mol. The molecule has 0 radical (unpaired) electrons. The van der Waals surface area contributed by atoms with E-state index in [1.807, 2.05) is 0 Å². The number of rotatable bonds is 7. The van der Waals surface area contributed by atoms with Gasteiger partial charge in [0.15, 0.2) is 5.75 Å². The van der Waals surface area contributed by atoms with Crippen LogP contribution in [0, 0.1) is 0 Å². The minimum Gasteiger partial charge on any atom is -0.494 e. The van der Waals surface area contributed by atoms with Gasteiger partial charge in [-0.05, 0) is 23.3 Å². The van der Waals surface area contributed by atoms with Crippen molar-refractivity contribution in [1.82, 2.24) is 9.62 Å². The fourth-order valence-corrected chi connectivity index (χ4v) is 5.35. The molecule has 30 heavy (non-hydrogen) atoms. The lowest BCUT2D eigenvalue weighted by molar-refractivity contribution is 0.0729. The molecule has 1 N–H and O–H groups in total. The Kier molecular flexibility index (Phi) is 7.60. The zero-order chi connectivity index (χ0) is 21.7. The number of amides is 1. The van der Waals surface area contributed by atoms with Crippen LogP contribution in [0.5, 0.6) is 5.75 Å². The minimum atomic E-state index is -3.48. The van der Waals surface area contributed by atoms with Crippen LogP contribution in [0.15, 0.2) is 36.4 Å². The molecule has 1 saturated heterocycles.